The molecule has 0 aromatic rings. The van der Waals surface area contributed by atoms with Gasteiger partial charge in [0.25, 0.3) is 0 Å². The fourth-order valence-electron chi connectivity index (χ4n) is 3.62. The molecule has 1 heteroatoms. The van der Waals surface area contributed by atoms with Crippen molar-refractivity contribution in [2.45, 2.75) is 71.6 Å². The second-order valence-electron chi connectivity index (χ2n) is 5.68. The summed E-state index contributed by atoms with van der Waals surface area (Å²) in [6, 6.07) is 0. The molecule has 96 valence electrons. The summed E-state index contributed by atoms with van der Waals surface area (Å²) >= 11 is 0. The maximum absolute atomic E-state index is 3.47. The van der Waals surface area contributed by atoms with Crippen LogP contribution >= 0.6 is 0 Å². The fraction of sp³-hybridized carbons (Fsp3) is 1.00. The largest absolute Gasteiger partial charge is 0.319 e. The lowest BCUT2D eigenvalue weighted by Gasteiger charge is -2.42. The SMILES string of the molecule is CCCCC(CC)(CNC)C1CCCCC1. The van der Waals surface area contributed by atoms with Crippen LogP contribution < -0.4 is 5.32 Å². The van der Waals surface area contributed by atoms with Gasteiger partial charge in [0.15, 0.2) is 0 Å². The van der Waals surface area contributed by atoms with Gasteiger partial charge in [0.2, 0.25) is 0 Å². The highest BCUT2D eigenvalue weighted by molar-refractivity contribution is 4.88. The van der Waals surface area contributed by atoms with Crippen molar-refractivity contribution in [3.63, 3.8) is 0 Å². The Morgan fingerprint density at radius 3 is 2.31 bits per heavy atom. The molecule has 0 aliphatic heterocycles. The van der Waals surface area contributed by atoms with Crippen molar-refractivity contribution >= 4 is 0 Å². The van der Waals surface area contributed by atoms with Crippen LogP contribution in [0.1, 0.15) is 71.6 Å². The van der Waals surface area contributed by atoms with Gasteiger partial charge in [-0.15, -0.1) is 0 Å². The van der Waals surface area contributed by atoms with Gasteiger partial charge in [-0.05, 0) is 44.1 Å². The second kappa shape index (κ2) is 7.32. The third-order valence-electron chi connectivity index (χ3n) is 4.73. The lowest BCUT2D eigenvalue weighted by molar-refractivity contribution is 0.0953. The van der Waals surface area contributed by atoms with Crippen molar-refractivity contribution in [2.75, 3.05) is 13.6 Å². The smallest absolute Gasteiger partial charge is 0.000736 e. The zero-order valence-electron chi connectivity index (χ0n) is 11.6. The van der Waals surface area contributed by atoms with Crippen LogP contribution in [0.2, 0.25) is 0 Å². The zero-order valence-corrected chi connectivity index (χ0v) is 11.6. The highest BCUT2D eigenvalue weighted by Gasteiger charge is 2.36. The molecule has 0 aromatic heterocycles. The molecule has 1 atom stereocenters. The third-order valence-corrected chi connectivity index (χ3v) is 4.73. The van der Waals surface area contributed by atoms with E-state index in [9.17, 15) is 0 Å². The van der Waals surface area contributed by atoms with Gasteiger partial charge < -0.3 is 5.32 Å². The summed E-state index contributed by atoms with van der Waals surface area (Å²) in [7, 11) is 2.12. The summed E-state index contributed by atoms with van der Waals surface area (Å²) in [5.74, 6) is 0.991. The Morgan fingerprint density at radius 1 is 1.12 bits per heavy atom. The molecular formula is C15H31N. The minimum absolute atomic E-state index is 0.602. The molecule has 1 N–H and O–H groups in total. The van der Waals surface area contributed by atoms with Gasteiger partial charge >= 0.3 is 0 Å². The second-order valence-corrected chi connectivity index (χ2v) is 5.68. The molecule has 1 rings (SSSR count). The zero-order chi connectivity index (χ0) is 11.9. The van der Waals surface area contributed by atoms with Crippen molar-refractivity contribution in [3.8, 4) is 0 Å². The summed E-state index contributed by atoms with van der Waals surface area (Å²) in [6.07, 6.45) is 12.9. The average molecular weight is 225 g/mol. The van der Waals surface area contributed by atoms with E-state index >= 15 is 0 Å². The first-order valence-electron chi connectivity index (χ1n) is 7.43. The summed E-state index contributed by atoms with van der Waals surface area (Å²) in [4.78, 5) is 0. The molecule has 0 aromatic carbocycles. The first kappa shape index (κ1) is 14.0. The average Bonchev–Trinajstić information content (AvgIpc) is 2.36. The highest BCUT2D eigenvalue weighted by atomic mass is 14.8. The van der Waals surface area contributed by atoms with Crippen LogP contribution in [0.3, 0.4) is 0 Å². The van der Waals surface area contributed by atoms with Crippen LogP contribution in [0.25, 0.3) is 0 Å². The lowest BCUT2D eigenvalue weighted by atomic mass is 9.64. The van der Waals surface area contributed by atoms with Gasteiger partial charge in [-0.25, -0.2) is 0 Å². The maximum atomic E-state index is 3.47. The van der Waals surface area contributed by atoms with Gasteiger partial charge in [-0.1, -0.05) is 46.0 Å². The fourth-order valence-corrected chi connectivity index (χ4v) is 3.62. The molecule has 0 bridgehead atoms. The molecule has 0 heterocycles. The normalized spacial score (nSPS) is 21.9. The van der Waals surface area contributed by atoms with Crippen LogP contribution in [0.4, 0.5) is 0 Å². The Bertz CT molecular complexity index is 172. The monoisotopic (exact) mass is 225 g/mol. The molecule has 16 heavy (non-hydrogen) atoms. The molecule has 1 aliphatic carbocycles. The van der Waals surface area contributed by atoms with Crippen molar-refractivity contribution < 1.29 is 0 Å². The Labute approximate surface area is 102 Å². The van der Waals surface area contributed by atoms with E-state index in [-0.39, 0.29) is 0 Å². The topological polar surface area (TPSA) is 12.0 Å². The van der Waals surface area contributed by atoms with Crippen LogP contribution in [0.5, 0.6) is 0 Å². The van der Waals surface area contributed by atoms with E-state index in [1.54, 1.807) is 0 Å². The van der Waals surface area contributed by atoms with E-state index in [4.69, 9.17) is 0 Å². The van der Waals surface area contributed by atoms with Gasteiger partial charge in [-0.3, -0.25) is 0 Å². The standard InChI is InChI=1S/C15H31N/c1-4-6-12-15(5-2,13-16-3)14-10-8-7-9-11-14/h14,16H,4-13H2,1-3H3. The maximum Gasteiger partial charge on any atom is 0.000736 e. The number of hydrogen-bond donors (Lipinski definition) is 1. The first-order valence-corrected chi connectivity index (χ1v) is 7.43. The number of hydrogen-bond acceptors (Lipinski definition) is 1. The van der Waals surface area contributed by atoms with E-state index in [1.807, 2.05) is 0 Å². The van der Waals surface area contributed by atoms with Gasteiger partial charge in [0.1, 0.15) is 0 Å². The molecule has 0 amide bonds. The van der Waals surface area contributed by atoms with Crippen molar-refractivity contribution in [2.24, 2.45) is 11.3 Å². The Balaban J connectivity index is 2.64. The summed E-state index contributed by atoms with van der Waals surface area (Å²) in [5.41, 5.74) is 0.602. The van der Waals surface area contributed by atoms with Gasteiger partial charge in [0, 0.05) is 6.54 Å². The van der Waals surface area contributed by atoms with E-state index in [1.165, 1.54) is 64.3 Å². The number of nitrogens with one attached hydrogen (secondary N) is 1. The van der Waals surface area contributed by atoms with Crippen molar-refractivity contribution in [3.05, 3.63) is 0 Å². The van der Waals surface area contributed by atoms with E-state index in [0.29, 0.717) is 5.41 Å². The molecule has 0 saturated heterocycles. The first-order chi connectivity index (χ1) is 7.79. The number of rotatable bonds is 7. The van der Waals surface area contributed by atoms with Crippen molar-refractivity contribution in [1.29, 1.82) is 0 Å². The Morgan fingerprint density at radius 2 is 1.81 bits per heavy atom. The minimum Gasteiger partial charge on any atom is -0.319 e. The predicted octanol–water partition coefficient (Wildman–Crippen LogP) is 4.37. The van der Waals surface area contributed by atoms with E-state index in [0.717, 1.165) is 5.92 Å². The van der Waals surface area contributed by atoms with E-state index < -0.39 is 0 Å². The van der Waals surface area contributed by atoms with E-state index in [2.05, 4.69) is 26.2 Å². The van der Waals surface area contributed by atoms with Crippen LogP contribution in [-0.2, 0) is 0 Å². The summed E-state index contributed by atoms with van der Waals surface area (Å²) in [5, 5.41) is 3.47. The van der Waals surface area contributed by atoms with Gasteiger partial charge in [-0.2, -0.15) is 0 Å². The molecule has 1 unspecified atom stereocenters. The Kier molecular flexibility index (Phi) is 6.41. The van der Waals surface area contributed by atoms with Crippen LogP contribution in [0.15, 0.2) is 0 Å². The number of unbranched alkanes of at least 4 members (excludes halogenated alkanes) is 1. The molecule has 0 spiro atoms. The summed E-state index contributed by atoms with van der Waals surface area (Å²) in [6.45, 7) is 5.95. The molecular weight excluding hydrogens is 194 g/mol. The summed E-state index contributed by atoms with van der Waals surface area (Å²) < 4.78 is 0. The van der Waals surface area contributed by atoms with Gasteiger partial charge in [0.05, 0.1) is 0 Å². The van der Waals surface area contributed by atoms with Crippen LogP contribution in [0, 0.1) is 11.3 Å². The molecule has 1 nitrogen and oxygen atoms in total. The predicted molar refractivity (Wildman–Crippen MR) is 72.8 cm³/mol. The quantitative estimate of drug-likeness (QED) is 0.678. The minimum atomic E-state index is 0.602. The lowest BCUT2D eigenvalue weighted by Crippen LogP contribution is -2.40. The molecule has 1 saturated carbocycles. The van der Waals surface area contributed by atoms with Crippen molar-refractivity contribution in [1.82, 2.24) is 5.32 Å². The molecule has 0 radical (unpaired) electrons. The molecule has 1 fully saturated rings. The third kappa shape index (κ3) is 3.48. The highest BCUT2D eigenvalue weighted by Crippen LogP contribution is 2.44. The van der Waals surface area contributed by atoms with Crippen LogP contribution in [-0.4, -0.2) is 13.6 Å². The Hall–Kier alpha value is -0.0400. The molecule has 1 aliphatic rings.